The van der Waals surface area contributed by atoms with E-state index >= 15 is 0 Å². The van der Waals surface area contributed by atoms with Crippen molar-refractivity contribution in [2.75, 3.05) is 20.3 Å². The highest BCUT2D eigenvalue weighted by atomic mass is 16.5. The molecular weight excluding hydrogens is 210 g/mol. The van der Waals surface area contributed by atoms with E-state index in [0.29, 0.717) is 0 Å². The largest absolute Gasteiger partial charge is 0.385 e. The molecule has 0 aromatic carbocycles. The molecule has 0 radical (unpaired) electrons. The Balaban J connectivity index is 1.41. The molecule has 98 valence electrons. The normalized spacial score (nSPS) is 43.2. The molecule has 1 N–H and O–H groups in total. The lowest BCUT2D eigenvalue weighted by Gasteiger charge is -2.32. The lowest BCUT2D eigenvalue weighted by molar-refractivity contribution is 0.187. The predicted molar refractivity (Wildman–Crippen MR) is 69.9 cm³/mol. The van der Waals surface area contributed by atoms with Crippen LogP contribution >= 0.6 is 0 Å². The van der Waals surface area contributed by atoms with Crippen LogP contribution in [-0.2, 0) is 4.74 Å². The third-order valence-corrected chi connectivity index (χ3v) is 5.61. The zero-order valence-corrected chi connectivity index (χ0v) is 11.2. The standard InChI is InChI=1S/C15H27NO/c1-17-8-3-2-7-16-15-10-11-9-14(15)13-6-4-5-12(11)13/h11-16H,2-10H2,1H3. The lowest BCUT2D eigenvalue weighted by atomic mass is 9.79. The van der Waals surface area contributed by atoms with Crippen LogP contribution in [0, 0.1) is 23.7 Å². The van der Waals surface area contributed by atoms with Crippen molar-refractivity contribution in [1.82, 2.24) is 5.32 Å². The monoisotopic (exact) mass is 237 g/mol. The zero-order valence-electron chi connectivity index (χ0n) is 11.2. The van der Waals surface area contributed by atoms with E-state index in [9.17, 15) is 0 Å². The first kappa shape index (κ1) is 12.0. The lowest BCUT2D eigenvalue weighted by Crippen LogP contribution is -2.39. The Bertz CT molecular complexity index is 255. The van der Waals surface area contributed by atoms with Crippen molar-refractivity contribution in [1.29, 1.82) is 0 Å². The maximum absolute atomic E-state index is 5.09. The molecule has 0 heterocycles. The van der Waals surface area contributed by atoms with E-state index in [-0.39, 0.29) is 0 Å². The van der Waals surface area contributed by atoms with Gasteiger partial charge in [-0.2, -0.15) is 0 Å². The number of ether oxygens (including phenoxy) is 1. The van der Waals surface area contributed by atoms with E-state index in [1.807, 2.05) is 0 Å². The van der Waals surface area contributed by atoms with Crippen LogP contribution in [0.25, 0.3) is 0 Å². The van der Waals surface area contributed by atoms with Gasteiger partial charge in [0.05, 0.1) is 0 Å². The molecular formula is C15H27NO. The van der Waals surface area contributed by atoms with E-state index in [0.717, 1.165) is 36.3 Å². The zero-order chi connectivity index (χ0) is 11.7. The van der Waals surface area contributed by atoms with Crippen molar-refractivity contribution in [3.8, 4) is 0 Å². The van der Waals surface area contributed by atoms with Crippen molar-refractivity contribution >= 4 is 0 Å². The van der Waals surface area contributed by atoms with Gasteiger partial charge in [0.15, 0.2) is 0 Å². The summed E-state index contributed by atoms with van der Waals surface area (Å²) in [6, 6.07) is 0.863. The molecule has 3 fully saturated rings. The molecule has 2 heteroatoms. The molecule has 0 saturated heterocycles. The van der Waals surface area contributed by atoms with Crippen LogP contribution in [0.5, 0.6) is 0 Å². The van der Waals surface area contributed by atoms with Gasteiger partial charge in [0, 0.05) is 19.8 Å². The number of nitrogens with one attached hydrogen (secondary N) is 1. The quantitative estimate of drug-likeness (QED) is 0.717. The van der Waals surface area contributed by atoms with Crippen LogP contribution in [-0.4, -0.2) is 26.3 Å². The number of hydrogen-bond donors (Lipinski definition) is 1. The Kier molecular flexibility index (Phi) is 3.72. The molecule has 5 atom stereocenters. The molecule has 3 rings (SSSR count). The highest BCUT2D eigenvalue weighted by Crippen LogP contribution is 2.58. The topological polar surface area (TPSA) is 21.3 Å². The van der Waals surface area contributed by atoms with Crippen molar-refractivity contribution in [2.24, 2.45) is 23.7 Å². The minimum absolute atomic E-state index is 0.863. The molecule has 2 nitrogen and oxygen atoms in total. The predicted octanol–water partition coefficient (Wildman–Crippen LogP) is 2.83. The van der Waals surface area contributed by atoms with Crippen LogP contribution in [0.1, 0.15) is 44.9 Å². The van der Waals surface area contributed by atoms with E-state index < -0.39 is 0 Å². The molecule has 0 aromatic rings. The second-order valence-electron chi connectivity index (χ2n) is 6.41. The van der Waals surface area contributed by atoms with Crippen LogP contribution in [0.15, 0.2) is 0 Å². The first-order valence-corrected chi connectivity index (χ1v) is 7.62. The summed E-state index contributed by atoms with van der Waals surface area (Å²) in [5, 5.41) is 3.83. The second-order valence-corrected chi connectivity index (χ2v) is 6.41. The molecule has 5 unspecified atom stereocenters. The summed E-state index contributed by atoms with van der Waals surface area (Å²) in [4.78, 5) is 0. The van der Waals surface area contributed by atoms with Crippen molar-refractivity contribution in [3.05, 3.63) is 0 Å². The van der Waals surface area contributed by atoms with E-state index in [4.69, 9.17) is 4.74 Å². The summed E-state index contributed by atoms with van der Waals surface area (Å²) in [5.74, 6) is 4.36. The Morgan fingerprint density at radius 2 is 1.94 bits per heavy atom. The Morgan fingerprint density at radius 3 is 2.82 bits per heavy atom. The van der Waals surface area contributed by atoms with Crippen molar-refractivity contribution in [2.45, 2.75) is 51.0 Å². The fourth-order valence-corrected chi connectivity index (χ4v) is 4.96. The van der Waals surface area contributed by atoms with Gasteiger partial charge in [0.25, 0.3) is 0 Å². The first-order chi connectivity index (χ1) is 8.40. The molecule has 0 aromatic heterocycles. The summed E-state index contributed by atoms with van der Waals surface area (Å²) in [7, 11) is 1.80. The summed E-state index contributed by atoms with van der Waals surface area (Å²) in [6.45, 7) is 2.12. The van der Waals surface area contributed by atoms with Crippen molar-refractivity contribution in [3.63, 3.8) is 0 Å². The van der Waals surface area contributed by atoms with Gasteiger partial charge in [-0.05, 0) is 68.7 Å². The SMILES string of the molecule is COCCCCNC1CC2CC1C1CCCC21. The minimum Gasteiger partial charge on any atom is -0.385 e. The number of unbranched alkanes of at least 4 members (excludes halogenated alkanes) is 1. The van der Waals surface area contributed by atoms with Gasteiger partial charge in [-0.1, -0.05) is 6.42 Å². The first-order valence-electron chi connectivity index (χ1n) is 7.62. The third kappa shape index (κ3) is 2.26. The number of rotatable bonds is 6. The maximum Gasteiger partial charge on any atom is 0.0462 e. The van der Waals surface area contributed by atoms with Gasteiger partial charge < -0.3 is 10.1 Å². The van der Waals surface area contributed by atoms with Gasteiger partial charge in [0.2, 0.25) is 0 Å². The third-order valence-electron chi connectivity index (χ3n) is 5.61. The molecule has 0 spiro atoms. The summed E-state index contributed by atoms with van der Waals surface area (Å²) in [6.07, 6.45) is 10.1. The molecule has 3 aliphatic rings. The Morgan fingerprint density at radius 1 is 1.06 bits per heavy atom. The number of methoxy groups -OCH3 is 1. The van der Waals surface area contributed by atoms with E-state index in [2.05, 4.69) is 5.32 Å². The Hall–Kier alpha value is -0.0800. The molecule has 17 heavy (non-hydrogen) atoms. The molecule has 3 aliphatic carbocycles. The van der Waals surface area contributed by atoms with Crippen LogP contribution in [0.2, 0.25) is 0 Å². The molecule has 2 bridgehead atoms. The molecule has 0 aliphatic heterocycles. The fraction of sp³-hybridized carbons (Fsp3) is 1.00. The molecule has 3 saturated carbocycles. The van der Waals surface area contributed by atoms with Crippen LogP contribution < -0.4 is 5.32 Å². The summed E-state index contributed by atoms with van der Waals surface area (Å²) in [5.41, 5.74) is 0. The minimum atomic E-state index is 0.863. The van der Waals surface area contributed by atoms with Crippen LogP contribution in [0.4, 0.5) is 0 Å². The average molecular weight is 237 g/mol. The van der Waals surface area contributed by atoms with Gasteiger partial charge in [-0.3, -0.25) is 0 Å². The summed E-state index contributed by atoms with van der Waals surface area (Å²) >= 11 is 0. The van der Waals surface area contributed by atoms with Gasteiger partial charge in [-0.15, -0.1) is 0 Å². The smallest absolute Gasteiger partial charge is 0.0462 e. The summed E-state index contributed by atoms with van der Waals surface area (Å²) < 4.78 is 5.09. The fourth-order valence-electron chi connectivity index (χ4n) is 4.96. The maximum atomic E-state index is 5.09. The van der Waals surface area contributed by atoms with Crippen LogP contribution in [0.3, 0.4) is 0 Å². The Labute approximate surface area is 105 Å². The average Bonchev–Trinajstić information content (AvgIpc) is 3.00. The van der Waals surface area contributed by atoms with Gasteiger partial charge >= 0.3 is 0 Å². The van der Waals surface area contributed by atoms with E-state index in [1.54, 1.807) is 20.0 Å². The number of hydrogen-bond acceptors (Lipinski definition) is 2. The molecule has 0 amide bonds. The van der Waals surface area contributed by atoms with Crippen molar-refractivity contribution < 1.29 is 4.74 Å². The second kappa shape index (κ2) is 5.27. The highest BCUT2D eigenvalue weighted by molar-refractivity contribution is 5.05. The van der Waals surface area contributed by atoms with Gasteiger partial charge in [0.1, 0.15) is 0 Å². The van der Waals surface area contributed by atoms with E-state index in [1.165, 1.54) is 38.6 Å². The highest BCUT2D eigenvalue weighted by Gasteiger charge is 2.53. The van der Waals surface area contributed by atoms with Gasteiger partial charge in [-0.25, -0.2) is 0 Å². The number of fused-ring (bicyclic) bond motifs is 5.